The quantitative estimate of drug-likeness (QED) is 0.384. The second kappa shape index (κ2) is 13.1. The van der Waals surface area contributed by atoms with Gasteiger partial charge in [0, 0.05) is 37.3 Å². The lowest BCUT2D eigenvalue weighted by Crippen LogP contribution is -2.44. The third-order valence-electron chi connectivity index (χ3n) is 9.16. The fourth-order valence-electron chi connectivity index (χ4n) is 6.72. The highest BCUT2D eigenvalue weighted by Crippen LogP contribution is 2.33. The molecule has 3 aromatic rings. The molecule has 41 heavy (non-hydrogen) atoms. The highest BCUT2D eigenvalue weighted by molar-refractivity contribution is 7.92. The van der Waals surface area contributed by atoms with E-state index in [9.17, 15) is 4.55 Å². The minimum absolute atomic E-state index is 0.319. The fraction of sp³-hybridized carbons (Fsp3) is 0.515. The van der Waals surface area contributed by atoms with E-state index >= 15 is 0 Å². The van der Waals surface area contributed by atoms with E-state index in [1.54, 1.807) is 0 Å². The molecule has 218 valence electrons. The molecule has 4 heterocycles. The van der Waals surface area contributed by atoms with Crippen LogP contribution in [-0.4, -0.2) is 58.9 Å². The molecule has 8 heteroatoms. The molecule has 4 bridgehead atoms. The van der Waals surface area contributed by atoms with Crippen molar-refractivity contribution in [3.05, 3.63) is 65.2 Å². The predicted octanol–water partition coefficient (Wildman–Crippen LogP) is 5.97. The Kier molecular flexibility index (Phi) is 9.10. The van der Waals surface area contributed by atoms with Gasteiger partial charge >= 0.3 is 0 Å². The first-order valence-electron chi connectivity index (χ1n) is 15.2. The normalized spacial score (nSPS) is 24.0. The molecule has 1 N–H and O–H groups in total. The molecule has 0 spiro atoms. The van der Waals surface area contributed by atoms with Crippen LogP contribution >= 0.6 is 0 Å². The van der Waals surface area contributed by atoms with Crippen LogP contribution in [0.2, 0.25) is 0 Å². The van der Waals surface area contributed by atoms with E-state index in [-0.39, 0.29) is 0 Å². The zero-order chi connectivity index (χ0) is 28.2. The Morgan fingerprint density at radius 1 is 0.976 bits per heavy atom. The number of anilines is 1. The summed E-state index contributed by atoms with van der Waals surface area (Å²) in [5, 5.41) is 0. The molecular formula is C33H42N4O3S. The molecule has 2 unspecified atom stereocenters. The lowest BCUT2D eigenvalue weighted by molar-refractivity contribution is 0.0470. The number of aryl methyl sites for hydroxylation is 3. The minimum Gasteiger partial charge on any atom is -0.588 e. The van der Waals surface area contributed by atoms with Crippen molar-refractivity contribution in [2.75, 3.05) is 44.2 Å². The Morgan fingerprint density at radius 2 is 1.78 bits per heavy atom. The van der Waals surface area contributed by atoms with E-state index in [2.05, 4.69) is 58.8 Å². The van der Waals surface area contributed by atoms with E-state index in [1.807, 2.05) is 18.2 Å². The Hall–Kier alpha value is -2.65. The van der Waals surface area contributed by atoms with Crippen LogP contribution in [0.4, 0.5) is 5.95 Å². The number of aromatic nitrogens is 2. The van der Waals surface area contributed by atoms with Gasteiger partial charge in [-0.15, -0.1) is 0 Å². The summed E-state index contributed by atoms with van der Waals surface area (Å²) in [6.45, 7) is 9.98. The number of rotatable bonds is 4. The topological polar surface area (TPSA) is 82.6 Å². The van der Waals surface area contributed by atoms with E-state index < -0.39 is 11.4 Å². The van der Waals surface area contributed by atoms with E-state index in [1.165, 1.54) is 31.2 Å². The van der Waals surface area contributed by atoms with E-state index in [0.717, 1.165) is 78.9 Å². The van der Waals surface area contributed by atoms with Crippen LogP contribution in [0.1, 0.15) is 48.8 Å². The summed E-state index contributed by atoms with van der Waals surface area (Å²) in [5.74, 6) is 2.63. The number of nitrogens with one attached hydrogen (secondary N) is 1. The number of piperidine rings is 1. The van der Waals surface area contributed by atoms with Gasteiger partial charge in [0.1, 0.15) is 11.4 Å². The summed E-state index contributed by atoms with van der Waals surface area (Å²) in [7, 11) is 0. The maximum Gasteiger partial charge on any atom is 0.269 e. The predicted molar refractivity (Wildman–Crippen MR) is 163 cm³/mol. The number of ether oxygens (including phenoxy) is 2. The van der Waals surface area contributed by atoms with Crippen LogP contribution in [0, 0.1) is 31.6 Å². The summed E-state index contributed by atoms with van der Waals surface area (Å²) in [6, 6.07) is 16.3. The lowest BCUT2D eigenvalue weighted by Gasteiger charge is -2.39. The van der Waals surface area contributed by atoms with Gasteiger partial charge in [-0.3, -0.25) is 0 Å². The minimum atomic E-state index is -1.48. The maximum absolute atomic E-state index is 13.3. The molecule has 3 aliphatic heterocycles. The number of nitrogens with zero attached hydrogens (tertiary/aromatic N) is 3. The summed E-state index contributed by atoms with van der Waals surface area (Å²) in [6.07, 6.45) is 6.91. The lowest BCUT2D eigenvalue weighted by atomic mass is 9.81. The molecule has 2 saturated heterocycles. The Morgan fingerprint density at radius 3 is 2.61 bits per heavy atom. The van der Waals surface area contributed by atoms with Crippen molar-refractivity contribution >= 4 is 17.3 Å². The summed E-state index contributed by atoms with van der Waals surface area (Å²) < 4.78 is 28.5. The number of hydrogen-bond donors (Lipinski definition) is 1. The standard InChI is InChI=1S/C33H42N4O3S/c1-23-5-3-6-24(2)32(23)30-20-31-35-33(34-30)36-41(38)29-8-4-7-26(19-29)9-10-27-12-16-37(21-28(27)22-40-31)15-11-25-13-17-39-18-14-25/h3-8,19-20,25,27-28H,9-18,21-22H2,1-2H3,(H,34,35,36)/t27?,28-,41?/m1/s1. The number of benzene rings is 2. The molecule has 2 aromatic carbocycles. The first-order chi connectivity index (χ1) is 20.0. The Bertz CT molecular complexity index is 1310. The van der Waals surface area contributed by atoms with Crippen molar-refractivity contribution in [3.63, 3.8) is 0 Å². The van der Waals surface area contributed by atoms with Gasteiger partial charge in [-0.2, -0.15) is 9.71 Å². The average molecular weight is 575 g/mol. The number of likely N-dealkylation sites (tertiary alicyclic amines) is 1. The molecule has 0 amide bonds. The highest BCUT2D eigenvalue weighted by Gasteiger charge is 2.31. The van der Waals surface area contributed by atoms with Crippen LogP contribution in [0.15, 0.2) is 53.4 Å². The van der Waals surface area contributed by atoms with Crippen LogP contribution < -0.4 is 9.46 Å². The number of fused-ring (bicyclic) bond motifs is 5. The second-order valence-corrected chi connectivity index (χ2v) is 13.2. The fourth-order valence-corrected chi connectivity index (χ4v) is 7.56. The monoisotopic (exact) mass is 574 g/mol. The molecule has 7 nitrogen and oxygen atoms in total. The van der Waals surface area contributed by atoms with Crippen molar-refractivity contribution in [2.45, 2.75) is 57.3 Å². The third kappa shape index (κ3) is 7.05. The molecule has 0 radical (unpaired) electrons. The van der Waals surface area contributed by atoms with E-state index in [0.29, 0.717) is 30.3 Å². The molecule has 3 aliphatic rings. The Balaban J connectivity index is 1.28. The molecular weight excluding hydrogens is 532 g/mol. The second-order valence-electron chi connectivity index (χ2n) is 12.0. The van der Waals surface area contributed by atoms with Crippen molar-refractivity contribution in [2.24, 2.45) is 17.8 Å². The van der Waals surface area contributed by atoms with E-state index in [4.69, 9.17) is 14.5 Å². The van der Waals surface area contributed by atoms with Gasteiger partial charge in [-0.05, 0) is 106 Å². The highest BCUT2D eigenvalue weighted by atomic mass is 32.2. The van der Waals surface area contributed by atoms with Crippen LogP contribution in [-0.2, 0) is 22.5 Å². The number of hydrogen-bond acceptors (Lipinski definition) is 7. The van der Waals surface area contributed by atoms with Gasteiger partial charge in [0.25, 0.3) is 5.95 Å². The molecule has 3 atom stereocenters. The smallest absolute Gasteiger partial charge is 0.269 e. The average Bonchev–Trinajstić information content (AvgIpc) is 2.98. The zero-order valence-corrected chi connectivity index (χ0v) is 25.1. The van der Waals surface area contributed by atoms with Crippen LogP contribution in [0.3, 0.4) is 0 Å². The van der Waals surface area contributed by atoms with Crippen molar-refractivity contribution in [3.8, 4) is 17.1 Å². The van der Waals surface area contributed by atoms with Gasteiger partial charge in [-0.1, -0.05) is 30.3 Å². The van der Waals surface area contributed by atoms with Gasteiger partial charge < -0.3 is 18.9 Å². The molecule has 6 rings (SSSR count). The van der Waals surface area contributed by atoms with Gasteiger partial charge in [0.2, 0.25) is 5.88 Å². The first-order valence-corrected chi connectivity index (χ1v) is 16.3. The molecule has 2 fully saturated rings. The van der Waals surface area contributed by atoms with Crippen molar-refractivity contribution in [1.29, 1.82) is 0 Å². The van der Waals surface area contributed by atoms with Gasteiger partial charge in [-0.25, -0.2) is 4.98 Å². The van der Waals surface area contributed by atoms with Crippen molar-refractivity contribution < 1.29 is 14.0 Å². The SMILES string of the molecule is Cc1cccc(C)c1-c1cc2nc(n1)N[S+]([O-])c1cccc(c1)CCC1CCN(CCC3CCOCC3)C[C@@H]1CO2. The first kappa shape index (κ1) is 28.5. The van der Waals surface area contributed by atoms with Crippen molar-refractivity contribution in [1.82, 2.24) is 14.9 Å². The molecule has 1 aromatic heterocycles. The van der Waals surface area contributed by atoms with Crippen LogP contribution in [0.25, 0.3) is 11.3 Å². The molecule has 0 saturated carbocycles. The summed E-state index contributed by atoms with van der Waals surface area (Å²) in [4.78, 5) is 12.9. The molecule has 0 aliphatic carbocycles. The van der Waals surface area contributed by atoms with Gasteiger partial charge in [0.05, 0.1) is 12.3 Å². The largest absolute Gasteiger partial charge is 0.588 e. The third-order valence-corrected chi connectivity index (χ3v) is 10.2. The summed E-state index contributed by atoms with van der Waals surface area (Å²) in [5.41, 5.74) is 5.34. The summed E-state index contributed by atoms with van der Waals surface area (Å²) >= 11 is -1.48. The van der Waals surface area contributed by atoms with Gasteiger partial charge in [0.15, 0.2) is 4.90 Å². The zero-order valence-electron chi connectivity index (χ0n) is 24.3. The maximum atomic E-state index is 13.3. The van der Waals surface area contributed by atoms with Crippen LogP contribution in [0.5, 0.6) is 5.88 Å². The Labute approximate surface area is 247 Å².